The first-order valence-corrected chi connectivity index (χ1v) is 12.7. The van der Waals surface area contributed by atoms with Crippen molar-refractivity contribution in [3.05, 3.63) is 125 Å². The van der Waals surface area contributed by atoms with E-state index in [0.29, 0.717) is 22.7 Å². The van der Waals surface area contributed by atoms with Crippen molar-refractivity contribution in [3.8, 4) is 5.75 Å². The number of amides is 3. The van der Waals surface area contributed by atoms with Gasteiger partial charge in [0.1, 0.15) is 5.75 Å². The van der Waals surface area contributed by atoms with Crippen LogP contribution in [0.25, 0.3) is 0 Å². The number of rotatable bonds is 4. The molecular formula is C32H24N2O4. The Balaban J connectivity index is 1.19. The van der Waals surface area contributed by atoms with Crippen molar-refractivity contribution in [1.82, 2.24) is 0 Å². The molecule has 1 fully saturated rings. The lowest BCUT2D eigenvalue weighted by molar-refractivity contribution is -0.122. The van der Waals surface area contributed by atoms with Crippen molar-refractivity contribution in [3.63, 3.8) is 0 Å². The number of carbonyl (C=O) groups excluding carboxylic acids is 3. The van der Waals surface area contributed by atoms with Gasteiger partial charge in [0.25, 0.3) is 5.91 Å². The summed E-state index contributed by atoms with van der Waals surface area (Å²) in [4.78, 5) is 41.9. The third-order valence-electron chi connectivity index (χ3n) is 8.18. The SMILES string of the molecule is COc1ccc(NC(=O)c2ccc(N3C(=O)[C@@H]4C5c6ccccc6C(c6ccccc65)[C@H]4C3=O)cc2)cc1. The summed E-state index contributed by atoms with van der Waals surface area (Å²) in [6, 6.07) is 30.1. The normalized spacial score (nSPS) is 22.5. The number of anilines is 2. The second-order valence-electron chi connectivity index (χ2n) is 10.0. The van der Waals surface area contributed by atoms with Gasteiger partial charge in [0.05, 0.1) is 24.6 Å². The Bertz CT molecular complexity index is 1490. The van der Waals surface area contributed by atoms with Crippen LogP contribution in [-0.4, -0.2) is 24.8 Å². The molecule has 0 saturated carbocycles. The van der Waals surface area contributed by atoms with E-state index in [2.05, 4.69) is 29.6 Å². The maximum atomic E-state index is 13.9. The first-order valence-electron chi connectivity index (χ1n) is 12.7. The van der Waals surface area contributed by atoms with Gasteiger partial charge in [-0.05, 0) is 70.8 Å². The van der Waals surface area contributed by atoms with E-state index in [9.17, 15) is 14.4 Å². The Labute approximate surface area is 219 Å². The quantitative estimate of drug-likeness (QED) is 0.384. The number of imide groups is 1. The highest BCUT2D eigenvalue weighted by Gasteiger charge is 2.61. The summed E-state index contributed by atoms with van der Waals surface area (Å²) in [5.74, 6) is -1.08. The Kier molecular flexibility index (Phi) is 4.98. The van der Waals surface area contributed by atoms with Gasteiger partial charge in [0.2, 0.25) is 11.8 Å². The number of methoxy groups -OCH3 is 1. The molecule has 8 rings (SSSR count). The van der Waals surface area contributed by atoms with Crippen LogP contribution in [0.15, 0.2) is 97.1 Å². The van der Waals surface area contributed by atoms with Gasteiger partial charge in [-0.15, -0.1) is 0 Å². The molecular weight excluding hydrogens is 476 g/mol. The van der Waals surface area contributed by atoms with Crippen molar-refractivity contribution in [2.45, 2.75) is 11.8 Å². The number of benzene rings is 4. The molecule has 186 valence electrons. The number of hydrogen-bond donors (Lipinski definition) is 1. The van der Waals surface area contributed by atoms with Crippen molar-refractivity contribution in [2.24, 2.45) is 11.8 Å². The highest BCUT2D eigenvalue weighted by molar-refractivity contribution is 6.23. The molecule has 6 heteroatoms. The average molecular weight is 501 g/mol. The van der Waals surface area contributed by atoms with Gasteiger partial charge in [-0.3, -0.25) is 14.4 Å². The molecule has 1 saturated heterocycles. The van der Waals surface area contributed by atoms with Gasteiger partial charge in [0, 0.05) is 23.1 Å². The Hall–Kier alpha value is -4.71. The second-order valence-corrected chi connectivity index (χ2v) is 10.0. The van der Waals surface area contributed by atoms with Gasteiger partial charge in [-0.1, -0.05) is 48.5 Å². The summed E-state index contributed by atoms with van der Waals surface area (Å²) in [5, 5.41) is 2.85. The topological polar surface area (TPSA) is 75.7 Å². The van der Waals surface area contributed by atoms with Crippen LogP contribution in [-0.2, 0) is 9.59 Å². The number of nitrogens with zero attached hydrogens (tertiary/aromatic N) is 1. The van der Waals surface area contributed by atoms with Gasteiger partial charge in [0.15, 0.2) is 0 Å². The minimum Gasteiger partial charge on any atom is -0.497 e. The molecule has 4 aromatic rings. The third kappa shape index (κ3) is 3.16. The van der Waals surface area contributed by atoms with Crippen LogP contribution in [0.1, 0.15) is 44.4 Å². The van der Waals surface area contributed by atoms with Crippen molar-refractivity contribution in [1.29, 1.82) is 0 Å². The predicted octanol–water partition coefficient (Wildman–Crippen LogP) is 5.34. The van der Waals surface area contributed by atoms with Gasteiger partial charge >= 0.3 is 0 Å². The molecule has 1 N–H and O–H groups in total. The zero-order chi connectivity index (χ0) is 26.0. The number of hydrogen-bond acceptors (Lipinski definition) is 4. The highest BCUT2D eigenvalue weighted by Crippen LogP contribution is 2.61. The second kappa shape index (κ2) is 8.42. The zero-order valence-corrected chi connectivity index (χ0v) is 20.6. The molecule has 6 nitrogen and oxygen atoms in total. The monoisotopic (exact) mass is 500 g/mol. The van der Waals surface area contributed by atoms with Crippen molar-refractivity contribution >= 4 is 29.1 Å². The van der Waals surface area contributed by atoms with Crippen LogP contribution >= 0.6 is 0 Å². The van der Waals surface area contributed by atoms with E-state index in [-0.39, 0.29) is 29.6 Å². The maximum Gasteiger partial charge on any atom is 0.255 e. The van der Waals surface area contributed by atoms with E-state index in [1.165, 1.54) is 4.90 Å². The van der Waals surface area contributed by atoms with Crippen LogP contribution in [0.5, 0.6) is 5.75 Å². The lowest BCUT2D eigenvalue weighted by Crippen LogP contribution is -2.41. The van der Waals surface area contributed by atoms with Crippen LogP contribution in [0.2, 0.25) is 0 Å². The molecule has 0 aromatic heterocycles. The molecule has 1 aliphatic heterocycles. The lowest BCUT2D eigenvalue weighted by Gasteiger charge is -2.45. The van der Waals surface area contributed by atoms with Crippen LogP contribution < -0.4 is 15.0 Å². The number of nitrogens with one attached hydrogen (secondary N) is 1. The first-order chi connectivity index (χ1) is 18.6. The van der Waals surface area contributed by atoms with Crippen molar-refractivity contribution in [2.75, 3.05) is 17.3 Å². The maximum absolute atomic E-state index is 13.9. The Morgan fingerprint density at radius 2 is 1.16 bits per heavy atom. The van der Waals surface area contributed by atoms with Gasteiger partial charge in [-0.25, -0.2) is 4.90 Å². The first kappa shape index (κ1) is 22.5. The largest absolute Gasteiger partial charge is 0.497 e. The average Bonchev–Trinajstić information content (AvgIpc) is 3.23. The molecule has 0 unspecified atom stereocenters. The van der Waals surface area contributed by atoms with Crippen LogP contribution in [0.3, 0.4) is 0 Å². The summed E-state index contributed by atoms with van der Waals surface area (Å²) < 4.78 is 5.15. The Morgan fingerprint density at radius 1 is 0.684 bits per heavy atom. The molecule has 0 radical (unpaired) electrons. The number of carbonyl (C=O) groups is 3. The summed E-state index contributed by atoms with van der Waals surface area (Å²) in [5.41, 5.74) is 6.14. The molecule has 38 heavy (non-hydrogen) atoms. The van der Waals surface area contributed by atoms with E-state index in [4.69, 9.17) is 4.74 Å². The highest BCUT2D eigenvalue weighted by atomic mass is 16.5. The summed E-state index contributed by atoms with van der Waals surface area (Å²) in [7, 11) is 1.59. The molecule has 2 atom stereocenters. The minimum absolute atomic E-state index is 0.145. The molecule has 0 spiro atoms. The third-order valence-corrected chi connectivity index (χ3v) is 8.18. The van der Waals surface area contributed by atoms with Crippen molar-refractivity contribution < 1.29 is 19.1 Å². The van der Waals surface area contributed by atoms with E-state index in [0.717, 1.165) is 22.3 Å². The van der Waals surface area contributed by atoms with Crippen LogP contribution in [0.4, 0.5) is 11.4 Å². The van der Waals surface area contributed by atoms with E-state index in [1.807, 2.05) is 24.3 Å². The smallest absolute Gasteiger partial charge is 0.255 e. The summed E-state index contributed by atoms with van der Waals surface area (Å²) >= 11 is 0. The van der Waals surface area contributed by atoms with E-state index < -0.39 is 11.8 Å². The fourth-order valence-corrected chi connectivity index (χ4v) is 6.57. The van der Waals surface area contributed by atoms with Gasteiger partial charge in [-0.2, -0.15) is 0 Å². The zero-order valence-electron chi connectivity index (χ0n) is 20.6. The van der Waals surface area contributed by atoms with E-state index >= 15 is 0 Å². The molecule has 2 bridgehead atoms. The fraction of sp³-hybridized carbons (Fsp3) is 0.156. The molecule has 3 aliphatic carbocycles. The standard InChI is InChI=1S/C32H24N2O4/c1-38-21-16-12-19(13-17-21)33-30(35)18-10-14-20(15-11-18)34-31(36)28-26-22-6-2-3-7-23(22)27(29(28)32(34)37)25-9-5-4-8-24(25)26/h2-17,26-29H,1H3,(H,33,35)/t26?,27?,28-,29-/m1/s1. The lowest BCUT2D eigenvalue weighted by atomic mass is 9.55. The summed E-state index contributed by atoms with van der Waals surface area (Å²) in [6.07, 6.45) is 0. The molecule has 4 aliphatic rings. The molecule has 1 heterocycles. The Morgan fingerprint density at radius 3 is 1.61 bits per heavy atom. The number of ether oxygens (including phenoxy) is 1. The minimum atomic E-state index is -0.435. The molecule has 3 amide bonds. The van der Waals surface area contributed by atoms with E-state index in [1.54, 1.807) is 55.6 Å². The van der Waals surface area contributed by atoms with Crippen LogP contribution in [0, 0.1) is 11.8 Å². The predicted molar refractivity (Wildman–Crippen MR) is 143 cm³/mol. The molecule has 4 aromatic carbocycles. The summed E-state index contributed by atoms with van der Waals surface area (Å²) in [6.45, 7) is 0. The fourth-order valence-electron chi connectivity index (χ4n) is 6.57. The van der Waals surface area contributed by atoms with Gasteiger partial charge < -0.3 is 10.1 Å².